The van der Waals surface area contributed by atoms with E-state index in [1.54, 1.807) is 0 Å². The summed E-state index contributed by atoms with van der Waals surface area (Å²) in [7, 11) is 0. The molecule has 0 saturated heterocycles. The van der Waals surface area contributed by atoms with Crippen LogP contribution in [-0.4, -0.2) is 34.8 Å². The van der Waals surface area contributed by atoms with Crippen LogP contribution in [0.5, 0.6) is 0 Å². The lowest BCUT2D eigenvalue weighted by Gasteiger charge is -2.10. The van der Waals surface area contributed by atoms with Gasteiger partial charge in [-0.2, -0.15) is 0 Å². The van der Waals surface area contributed by atoms with Gasteiger partial charge in [-0.05, 0) is 19.3 Å². The first-order valence-electron chi connectivity index (χ1n) is 6.76. The van der Waals surface area contributed by atoms with E-state index in [0.717, 1.165) is 56.2 Å². The number of aromatic nitrogens is 2. The largest absolute Gasteiger partial charge is 0.396 e. The smallest absolute Gasteiger partial charge is 0.132 e. The average molecular weight is 252 g/mol. The predicted octanol–water partition coefficient (Wildman–Crippen LogP) is 2.05. The van der Waals surface area contributed by atoms with Crippen LogP contribution in [-0.2, 0) is 6.42 Å². The van der Waals surface area contributed by atoms with E-state index in [2.05, 4.69) is 34.4 Å². The highest BCUT2D eigenvalue weighted by molar-refractivity contribution is 5.47. The summed E-state index contributed by atoms with van der Waals surface area (Å²) in [6, 6.07) is 1.94. The molecule has 0 amide bonds. The highest BCUT2D eigenvalue weighted by atomic mass is 16.2. The molecule has 1 rings (SSSR count). The Morgan fingerprint density at radius 1 is 1.06 bits per heavy atom. The summed E-state index contributed by atoms with van der Waals surface area (Å²) in [6.07, 6.45) is 3.66. The first kappa shape index (κ1) is 14.7. The molecule has 1 aromatic rings. The van der Waals surface area contributed by atoms with Gasteiger partial charge < -0.3 is 15.7 Å². The van der Waals surface area contributed by atoms with Gasteiger partial charge in [0.2, 0.25) is 0 Å². The summed E-state index contributed by atoms with van der Waals surface area (Å²) in [4.78, 5) is 8.86. The van der Waals surface area contributed by atoms with Crippen molar-refractivity contribution in [2.24, 2.45) is 0 Å². The minimum absolute atomic E-state index is 0.245. The molecule has 0 aliphatic carbocycles. The van der Waals surface area contributed by atoms with Crippen molar-refractivity contribution in [2.45, 2.75) is 39.5 Å². The standard InChI is InChI=1S/C13H24N4O/c1-3-7-14-12-10-13(15-8-5-6-9-18)17-11(4-2)16-12/h10,18H,3-9H2,1-2H3,(H2,14,15,16,17). The normalized spacial score (nSPS) is 10.4. The van der Waals surface area contributed by atoms with Crippen LogP contribution in [0.15, 0.2) is 6.07 Å². The number of hydrogen-bond acceptors (Lipinski definition) is 5. The molecule has 0 aliphatic heterocycles. The van der Waals surface area contributed by atoms with E-state index < -0.39 is 0 Å². The van der Waals surface area contributed by atoms with Crippen LogP contribution in [0.3, 0.4) is 0 Å². The molecule has 18 heavy (non-hydrogen) atoms. The number of aryl methyl sites for hydroxylation is 1. The van der Waals surface area contributed by atoms with Gasteiger partial charge in [0.25, 0.3) is 0 Å². The second-order valence-corrected chi connectivity index (χ2v) is 4.19. The van der Waals surface area contributed by atoms with Crippen molar-refractivity contribution in [1.82, 2.24) is 9.97 Å². The maximum Gasteiger partial charge on any atom is 0.132 e. The van der Waals surface area contributed by atoms with E-state index in [1.165, 1.54) is 0 Å². The molecule has 0 atom stereocenters. The van der Waals surface area contributed by atoms with Crippen LogP contribution < -0.4 is 10.6 Å². The van der Waals surface area contributed by atoms with E-state index >= 15 is 0 Å². The van der Waals surface area contributed by atoms with E-state index in [9.17, 15) is 0 Å². The lowest BCUT2D eigenvalue weighted by atomic mass is 10.3. The maximum absolute atomic E-state index is 8.72. The number of unbranched alkanes of at least 4 members (excludes halogenated alkanes) is 1. The number of aliphatic hydroxyl groups excluding tert-OH is 1. The molecule has 0 aliphatic rings. The van der Waals surface area contributed by atoms with Crippen molar-refractivity contribution < 1.29 is 5.11 Å². The Bertz CT molecular complexity index is 344. The summed E-state index contributed by atoms with van der Waals surface area (Å²) in [5.41, 5.74) is 0. The SMILES string of the molecule is CCCNc1cc(NCCCCO)nc(CC)n1. The number of hydrogen-bond donors (Lipinski definition) is 3. The van der Waals surface area contributed by atoms with Crippen LogP contribution in [0.4, 0.5) is 11.6 Å². The number of aliphatic hydroxyl groups is 1. The lowest BCUT2D eigenvalue weighted by molar-refractivity contribution is 0.286. The molecule has 1 aromatic heterocycles. The predicted molar refractivity (Wildman–Crippen MR) is 75.0 cm³/mol. The molecule has 0 spiro atoms. The number of anilines is 2. The van der Waals surface area contributed by atoms with Crippen LogP contribution >= 0.6 is 0 Å². The Balaban J connectivity index is 2.58. The van der Waals surface area contributed by atoms with Crippen molar-refractivity contribution in [2.75, 3.05) is 30.3 Å². The van der Waals surface area contributed by atoms with Crippen LogP contribution in [0.2, 0.25) is 0 Å². The molecule has 5 nitrogen and oxygen atoms in total. The third kappa shape index (κ3) is 5.31. The fraction of sp³-hybridized carbons (Fsp3) is 0.692. The van der Waals surface area contributed by atoms with Gasteiger partial charge in [-0.25, -0.2) is 9.97 Å². The average Bonchev–Trinajstić information content (AvgIpc) is 2.41. The molecule has 5 heteroatoms. The third-order valence-corrected chi connectivity index (χ3v) is 2.54. The fourth-order valence-electron chi connectivity index (χ4n) is 1.54. The zero-order valence-electron chi connectivity index (χ0n) is 11.4. The Kier molecular flexibility index (Phi) is 7.10. The van der Waals surface area contributed by atoms with E-state index in [1.807, 2.05) is 6.07 Å². The monoisotopic (exact) mass is 252 g/mol. The molecular weight excluding hydrogens is 228 g/mol. The molecule has 102 valence electrons. The lowest BCUT2D eigenvalue weighted by Crippen LogP contribution is -2.09. The van der Waals surface area contributed by atoms with E-state index in [-0.39, 0.29) is 6.61 Å². The number of nitrogens with one attached hydrogen (secondary N) is 2. The molecule has 0 bridgehead atoms. The molecule has 0 unspecified atom stereocenters. The van der Waals surface area contributed by atoms with Crippen molar-refractivity contribution in [1.29, 1.82) is 0 Å². The molecule has 0 fully saturated rings. The highest BCUT2D eigenvalue weighted by Gasteiger charge is 2.02. The Morgan fingerprint density at radius 2 is 1.72 bits per heavy atom. The Hall–Kier alpha value is -1.36. The minimum Gasteiger partial charge on any atom is -0.396 e. The van der Waals surface area contributed by atoms with Gasteiger partial charge in [0.05, 0.1) is 0 Å². The molecule has 0 aromatic carbocycles. The van der Waals surface area contributed by atoms with Crippen molar-refractivity contribution in [3.63, 3.8) is 0 Å². The van der Waals surface area contributed by atoms with Gasteiger partial charge in [0.15, 0.2) is 0 Å². The van der Waals surface area contributed by atoms with Gasteiger partial charge in [0, 0.05) is 32.2 Å². The third-order valence-electron chi connectivity index (χ3n) is 2.54. The van der Waals surface area contributed by atoms with Gasteiger partial charge in [-0.15, -0.1) is 0 Å². The fourth-order valence-corrected chi connectivity index (χ4v) is 1.54. The summed E-state index contributed by atoms with van der Waals surface area (Å²) in [5, 5.41) is 15.3. The Morgan fingerprint density at radius 3 is 2.28 bits per heavy atom. The van der Waals surface area contributed by atoms with Gasteiger partial charge in [0.1, 0.15) is 17.5 Å². The minimum atomic E-state index is 0.245. The molecule has 0 saturated carbocycles. The van der Waals surface area contributed by atoms with Gasteiger partial charge >= 0.3 is 0 Å². The quantitative estimate of drug-likeness (QED) is 0.587. The molecule has 3 N–H and O–H groups in total. The zero-order valence-corrected chi connectivity index (χ0v) is 11.4. The van der Waals surface area contributed by atoms with Gasteiger partial charge in [-0.1, -0.05) is 13.8 Å². The molecule has 1 heterocycles. The van der Waals surface area contributed by atoms with Crippen LogP contribution in [0, 0.1) is 0 Å². The summed E-state index contributed by atoms with van der Waals surface area (Å²) >= 11 is 0. The summed E-state index contributed by atoms with van der Waals surface area (Å²) in [5.74, 6) is 2.59. The van der Waals surface area contributed by atoms with Crippen LogP contribution in [0.1, 0.15) is 38.9 Å². The topological polar surface area (TPSA) is 70.1 Å². The second-order valence-electron chi connectivity index (χ2n) is 4.19. The molecular formula is C13H24N4O. The van der Waals surface area contributed by atoms with Crippen molar-refractivity contribution in [3.8, 4) is 0 Å². The van der Waals surface area contributed by atoms with Crippen LogP contribution in [0.25, 0.3) is 0 Å². The van der Waals surface area contributed by atoms with E-state index in [4.69, 9.17) is 5.11 Å². The van der Waals surface area contributed by atoms with Gasteiger partial charge in [-0.3, -0.25) is 0 Å². The summed E-state index contributed by atoms with van der Waals surface area (Å²) < 4.78 is 0. The second kappa shape index (κ2) is 8.69. The zero-order chi connectivity index (χ0) is 13.2. The Labute approximate surface area is 109 Å². The summed E-state index contributed by atoms with van der Waals surface area (Å²) in [6.45, 7) is 6.17. The first-order valence-corrected chi connectivity index (χ1v) is 6.76. The van der Waals surface area contributed by atoms with Crippen molar-refractivity contribution >= 4 is 11.6 Å². The number of nitrogens with zero attached hydrogens (tertiary/aromatic N) is 2. The maximum atomic E-state index is 8.72. The highest BCUT2D eigenvalue weighted by Crippen LogP contribution is 2.12. The molecule has 0 radical (unpaired) electrons. The van der Waals surface area contributed by atoms with E-state index in [0.29, 0.717) is 0 Å². The first-order chi connectivity index (χ1) is 8.80. The number of rotatable bonds is 9. The van der Waals surface area contributed by atoms with Crippen molar-refractivity contribution in [3.05, 3.63) is 11.9 Å².